The number of hydrogen-bond acceptors (Lipinski definition) is 5. The third-order valence-electron chi connectivity index (χ3n) is 2.97. The molecule has 0 radical (unpaired) electrons. The van der Waals surface area contributed by atoms with Crippen LogP contribution in [0.5, 0.6) is 0 Å². The van der Waals surface area contributed by atoms with Crippen LogP contribution in [0.2, 0.25) is 0 Å². The number of pyridine rings is 1. The van der Waals surface area contributed by atoms with Crippen LogP contribution < -0.4 is 5.73 Å². The lowest BCUT2D eigenvalue weighted by molar-refractivity contribution is 0.434. The highest BCUT2D eigenvalue weighted by Crippen LogP contribution is 2.26. The zero-order valence-corrected chi connectivity index (χ0v) is 11.3. The van der Waals surface area contributed by atoms with Crippen LogP contribution in [0, 0.1) is 0 Å². The van der Waals surface area contributed by atoms with Gasteiger partial charge < -0.3 is 10.3 Å². The molecule has 6 nitrogen and oxygen atoms in total. The minimum absolute atomic E-state index is 0.202. The van der Waals surface area contributed by atoms with Gasteiger partial charge in [0, 0.05) is 36.1 Å². The summed E-state index contributed by atoms with van der Waals surface area (Å²) >= 11 is 0. The molecule has 0 atom stereocenters. The Morgan fingerprint density at radius 2 is 2.10 bits per heavy atom. The summed E-state index contributed by atoms with van der Waals surface area (Å²) < 4.78 is 7.09. The Balaban J connectivity index is 1.96. The highest BCUT2D eigenvalue weighted by atomic mass is 16.5. The van der Waals surface area contributed by atoms with Crippen LogP contribution in [0.15, 0.2) is 41.2 Å². The van der Waals surface area contributed by atoms with Gasteiger partial charge in [-0.15, -0.1) is 0 Å². The van der Waals surface area contributed by atoms with Crippen molar-refractivity contribution >= 4 is 5.82 Å². The van der Waals surface area contributed by atoms with Gasteiger partial charge in [0.15, 0.2) is 5.76 Å². The van der Waals surface area contributed by atoms with Crippen LogP contribution in [0.25, 0.3) is 22.7 Å². The first-order chi connectivity index (χ1) is 9.65. The number of nitrogen functional groups attached to an aromatic ring is 1. The second-order valence-corrected chi connectivity index (χ2v) is 4.81. The third-order valence-corrected chi connectivity index (χ3v) is 2.97. The molecule has 3 rings (SSSR count). The molecule has 0 unspecified atom stereocenters. The Morgan fingerprint density at radius 1 is 1.25 bits per heavy atom. The molecule has 20 heavy (non-hydrogen) atoms. The Morgan fingerprint density at radius 3 is 2.75 bits per heavy atom. The molecule has 0 saturated carbocycles. The molecule has 6 heteroatoms. The Bertz CT molecular complexity index is 714. The third kappa shape index (κ3) is 2.16. The van der Waals surface area contributed by atoms with Crippen LogP contribution in [-0.2, 0) is 0 Å². The summed E-state index contributed by atoms with van der Waals surface area (Å²) in [5.74, 6) is 1.27. The maximum Gasteiger partial charge on any atom is 0.169 e. The maximum absolute atomic E-state index is 5.93. The van der Waals surface area contributed by atoms with Gasteiger partial charge in [-0.25, -0.2) is 4.68 Å². The molecular weight excluding hydrogens is 254 g/mol. The van der Waals surface area contributed by atoms with Crippen LogP contribution in [0.4, 0.5) is 5.82 Å². The van der Waals surface area contributed by atoms with Gasteiger partial charge in [0.1, 0.15) is 17.2 Å². The molecular formula is C14H15N5O. The second kappa shape index (κ2) is 4.80. The fourth-order valence-electron chi connectivity index (χ4n) is 1.99. The SMILES string of the molecule is CC(C)n1nc(-c2cc(-c3cccnc3)on2)cc1N. The smallest absolute Gasteiger partial charge is 0.169 e. The molecule has 3 heterocycles. The molecule has 0 bridgehead atoms. The molecule has 102 valence electrons. The van der Waals surface area contributed by atoms with Crippen LogP contribution in [-0.4, -0.2) is 19.9 Å². The molecule has 2 N–H and O–H groups in total. The van der Waals surface area contributed by atoms with Gasteiger partial charge in [0.05, 0.1) is 0 Å². The maximum atomic E-state index is 5.93. The van der Waals surface area contributed by atoms with E-state index in [1.165, 1.54) is 0 Å². The number of nitrogens with zero attached hydrogens (tertiary/aromatic N) is 4. The summed E-state index contributed by atoms with van der Waals surface area (Å²) in [6.45, 7) is 4.05. The number of rotatable bonds is 3. The molecule has 0 aliphatic carbocycles. The number of nitrogens with two attached hydrogens (primary N) is 1. The molecule has 0 aliphatic rings. The van der Waals surface area contributed by atoms with E-state index in [4.69, 9.17) is 10.3 Å². The van der Waals surface area contributed by atoms with Crippen molar-refractivity contribution in [2.45, 2.75) is 19.9 Å². The summed E-state index contributed by atoms with van der Waals surface area (Å²) in [6.07, 6.45) is 3.44. The van der Waals surface area contributed by atoms with E-state index in [0.717, 1.165) is 5.56 Å². The van der Waals surface area contributed by atoms with Gasteiger partial charge in [-0.05, 0) is 26.0 Å². The molecule has 0 spiro atoms. The summed E-state index contributed by atoms with van der Waals surface area (Å²) in [7, 11) is 0. The van der Waals surface area contributed by atoms with E-state index < -0.39 is 0 Å². The topological polar surface area (TPSA) is 82.8 Å². The zero-order chi connectivity index (χ0) is 14.1. The van der Waals surface area contributed by atoms with Gasteiger partial charge in [-0.2, -0.15) is 5.10 Å². The van der Waals surface area contributed by atoms with E-state index >= 15 is 0 Å². The van der Waals surface area contributed by atoms with Crippen LogP contribution in [0.3, 0.4) is 0 Å². The van der Waals surface area contributed by atoms with E-state index in [9.17, 15) is 0 Å². The fraction of sp³-hybridized carbons (Fsp3) is 0.214. The van der Waals surface area contributed by atoms with Crippen molar-refractivity contribution in [3.8, 4) is 22.7 Å². The highest BCUT2D eigenvalue weighted by Gasteiger charge is 2.14. The van der Waals surface area contributed by atoms with Crippen molar-refractivity contribution in [2.75, 3.05) is 5.73 Å². The second-order valence-electron chi connectivity index (χ2n) is 4.81. The standard InChI is InChI=1S/C14H15N5O/c1-9(2)19-14(15)7-11(17-19)12-6-13(20-18-12)10-4-3-5-16-8-10/h3-9H,15H2,1-2H3. The summed E-state index contributed by atoms with van der Waals surface area (Å²) in [6, 6.07) is 7.60. The van der Waals surface area contributed by atoms with Gasteiger partial charge >= 0.3 is 0 Å². The van der Waals surface area contributed by atoms with E-state index in [1.54, 1.807) is 23.1 Å². The lowest BCUT2D eigenvalue weighted by Crippen LogP contribution is -2.06. The molecule has 0 aromatic carbocycles. The van der Waals surface area contributed by atoms with Crippen molar-refractivity contribution < 1.29 is 4.52 Å². The minimum atomic E-state index is 0.202. The molecule has 0 saturated heterocycles. The van der Waals surface area contributed by atoms with E-state index in [1.807, 2.05) is 32.0 Å². The van der Waals surface area contributed by atoms with Gasteiger partial charge in [0.25, 0.3) is 0 Å². The molecule has 3 aromatic heterocycles. The largest absolute Gasteiger partial charge is 0.384 e. The van der Waals surface area contributed by atoms with Crippen LogP contribution >= 0.6 is 0 Å². The van der Waals surface area contributed by atoms with Crippen molar-refractivity contribution in [3.63, 3.8) is 0 Å². The predicted octanol–water partition coefficient (Wildman–Crippen LogP) is 2.76. The van der Waals surface area contributed by atoms with E-state index in [0.29, 0.717) is 23.0 Å². The van der Waals surface area contributed by atoms with Crippen molar-refractivity contribution in [1.29, 1.82) is 0 Å². The van der Waals surface area contributed by atoms with Gasteiger partial charge in [0.2, 0.25) is 0 Å². The minimum Gasteiger partial charge on any atom is -0.384 e. The average Bonchev–Trinajstić information content (AvgIpc) is 3.06. The molecule has 0 amide bonds. The van der Waals surface area contributed by atoms with E-state index in [-0.39, 0.29) is 6.04 Å². The van der Waals surface area contributed by atoms with Crippen molar-refractivity contribution in [1.82, 2.24) is 19.9 Å². The summed E-state index contributed by atoms with van der Waals surface area (Å²) in [5, 5.41) is 8.48. The van der Waals surface area contributed by atoms with Gasteiger partial charge in [-0.1, -0.05) is 5.16 Å². The summed E-state index contributed by atoms with van der Waals surface area (Å²) in [4.78, 5) is 4.06. The molecule has 0 aliphatic heterocycles. The highest BCUT2D eigenvalue weighted by molar-refractivity contribution is 5.65. The lowest BCUT2D eigenvalue weighted by Gasteiger charge is -2.06. The average molecular weight is 269 g/mol. The number of hydrogen-bond donors (Lipinski definition) is 1. The first-order valence-corrected chi connectivity index (χ1v) is 6.37. The first kappa shape index (κ1) is 12.4. The Hall–Kier alpha value is -2.63. The lowest BCUT2D eigenvalue weighted by atomic mass is 10.2. The van der Waals surface area contributed by atoms with Crippen molar-refractivity contribution in [3.05, 3.63) is 36.7 Å². The fourth-order valence-corrected chi connectivity index (χ4v) is 1.99. The Kier molecular flexibility index (Phi) is 2.98. The molecule has 0 fully saturated rings. The predicted molar refractivity (Wildman–Crippen MR) is 75.8 cm³/mol. The van der Waals surface area contributed by atoms with Crippen LogP contribution in [0.1, 0.15) is 19.9 Å². The monoisotopic (exact) mass is 269 g/mol. The first-order valence-electron chi connectivity index (χ1n) is 6.37. The van der Waals surface area contributed by atoms with E-state index in [2.05, 4.69) is 15.2 Å². The van der Waals surface area contributed by atoms with Crippen molar-refractivity contribution in [2.24, 2.45) is 0 Å². The molecule has 3 aromatic rings. The zero-order valence-electron chi connectivity index (χ0n) is 11.3. The number of aromatic nitrogens is 4. The normalized spacial score (nSPS) is 11.2. The number of anilines is 1. The summed E-state index contributed by atoms with van der Waals surface area (Å²) in [5.41, 5.74) is 8.17. The Labute approximate surface area is 116 Å². The van der Waals surface area contributed by atoms with Gasteiger partial charge in [-0.3, -0.25) is 4.98 Å². The quantitative estimate of drug-likeness (QED) is 0.790.